The first kappa shape index (κ1) is 25.0. The maximum absolute atomic E-state index is 13.8. The molecule has 0 bridgehead atoms. The van der Waals surface area contributed by atoms with Crippen molar-refractivity contribution in [2.45, 2.75) is 19.9 Å². The summed E-state index contributed by atoms with van der Waals surface area (Å²) in [6.45, 7) is 3.70. The number of allylic oxidation sites excluding steroid dienone is 1. The molecule has 4 aromatic rings. The largest absolute Gasteiger partial charge is 0.496 e. The van der Waals surface area contributed by atoms with Gasteiger partial charge in [-0.05, 0) is 44.2 Å². The minimum Gasteiger partial charge on any atom is -0.496 e. The third-order valence-electron chi connectivity index (χ3n) is 5.98. The number of hydrogen-bond acceptors (Lipinski definition) is 7. The van der Waals surface area contributed by atoms with Gasteiger partial charge in [0.25, 0.3) is 5.56 Å². The number of rotatable bonds is 6. The number of carbonyl (C=O) groups is 1. The molecule has 37 heavy (non-hydrogen) atoms. The van der Waals surface area contributed by atoms with E-state index in [0.717, 1.165) is 10.0 Å². The van der Waals surface area contributed by atoms with Gasteiger partial charge in [-0.25, -0.2) is 9.79 Å². The van der Waals surface area contributed by atoms with Crippen molar-refractivity contribution in [2.24, 2.45) is 4.99 Å². The number of ether oxygens (including phenoxy) is 2. The highest BCUT2D eigenvalue weighted by Gasteiger charge is 2.34. The Morgan fingerprint density at radius 2 is 1.92 bits per heavy atom. The van der Waals surface area contributed by atoms with Crippen LogP contribution in [0.5, 0.6) is 5.75 Å². The summed E-state index contributed by atoms with van der Waals surface area (Å²) < 4.78 is 19.9. The first-order chi connectivity index (χ1) is 17.9. The number of carbonyl (C=O) groups excluding carboxylic acids is 1. The minimum absolute atomic E-state index is 0.206. The van der Waals surface area contributed by atoms with Gasteiger partial charge in [0.1, 0.15) is 23.3 Å². The highest BCUT2D eigenvalue weighted by molar-refractivity contribution is 9.10. The number of thiazole rings is 1. The maximum atomic E-state index is 13.8. The molecule has 7 nitrogen and oxygen atoms in total. The third-order valence-corrected chi connectivity index (χ3v) is 7.49. The van der Waals surface area contributed by atoms with Gasteiger partial charge in [-0.2, -0.15) is 0 Å². The fourth-order valence-corrected chi connectivity index (χ4v) is 5.60. The second-order valence-corrected chi connectivity index (χ2v) is 10.2. The van der Waals surface area contributed by atoms with Gasteiger partial charge < -0.3 is 13.9 Å². The Morgan fingerprint density at radius 3 is 2.65 bits per heavy atom. The van der Waals surface area contributed by atoms with E-state index in [4.69, 9.17) is 13.9 Å². The Morgan fingerprint density at radius 1 is 1.16 bits per heavy atom. The molecule has 0 saturated carbocycles. The molecular formula is C28H23BrN2O5S. The quantitative estimate of drug-likeness (QED) is 0.306. The average Bonchev–Trinajstić information content (AvgIpc) is 3.48. The van der Waals surface area contributed by atoms with E-state index < -0.39 is 12.0 Å². The molecule has 0 unspecified atom stereocenters. The van der Waals surface area contributed by atoms with Crippen LogP contribution in [0.3, 0.4) is 0 Å². The number of furan rings is 1. The second kappa shape index (κ2) is 10.4. The molecule has 0 amide bonds. The number of hydrogen-bond donors (Lipinski definition) is 0. The van der Waals surface area contributed by atoms with Crippen LogP contribution in [0, 0.1) is 0 Å². The van der Waals surface area contributed by atoms with Crippen LogP contribution >= 0.6 is 27.3 Å². The molecule has 0 aliphatic carbocycles. The summed E-state index contributed by atoms with van der Waals surface area (Å²) in [4.78, 5) is 31.9. The van der Waals surface area contributed by atoms with Crippen molar-refractivity contribution < 1.29 is 18.7 Å². The Labute approximate surface area is 225 Å². The smallest absolute Gasteiger partial charge is 0.338 e. The number of fused-ring (bicyclic) bond motifs is 1. The van der Waals surface area contributed by atoms with Crippen molar-refractivity contribution in [3.05, 3.63) is 107 Å². The molecule has 3 heterocycles. The molecular weight excluding hydrogens is 556 g/mol. The van der Waals surface area contributed by atoms with Gasteiger partial charge in [-0.3, -0.25) is 9.36 Å². The lowest BCUT2D eigenvalue weighted by Gasteiger charge is -2.25. The highest BCUT2D eigenvalue weighted by Crippen LogP contribution is 2.35. The Bertz CT molecular complexity index is 1700. The van der Waals surface area contributed by atoms with Crippen LogP contribution in [0.2, 0.25) is 0 Å². The molecule has 2 aromatic heterocycles. The van der Waals surface area contributed by atoms with E-state index in [1.54, 1.807) is 33.1 Å². The van der Waals surface area contributed by atoms with Crippen LogP contribution in [0.25, 0.3) is 17.4 Å². The molecule has 1 atom stereocenters. The predicted molar refractivity (Wildman–Crippen MR) is 145 cm³/mol. The number of nitrogens with zero attached hydrogens (tertiary/aromatic N) is 2. The first-order valence-electron chi connectivity index (χ1n) is 11.6. The summed E-state index contributed by atoms with van der Waals surface area (Å²) in [7, 11) is 1.56. The minimum atomic E-state index is -0.747. The van der Waals surface area contributed by atoms with E-state index in [9.17, 15) is 9.59 Å². The fourth-order valence-electron chi connectivity index (χ4n) is 4.31. The Hall–Kier alpha value is -3.69. The van der Waals surface area contributed by atoms with Gasteiger partial charge >= 0.3 is 5.97 Å². The summed E-state index contributed by atoms with van der Waals surface area (Å²) in [5.41, 5.74) is 2.12. The lowest BCUT2D eigenvalue weighted by Crippen LogP contribution is -2.40. The van der Waals surface area contributed by atoms with Gasteiger partial charge in [-0.1, -0.05) is 57.6 Å². The van der Waals surface area contributed by atoms with Crippen molar-refractivity contribution in [1.29, 1.82) is 0 Å². The van der Waals surface area contributed by atoms with Gasteiger partial charge in [0.15, 0.2) is 4.80 Å². The van der Waals surface area contributed by atoms with E-state index in [0.29, 0.717) is 43.4 Å². The van der Waals surface area contributed by atoms with Crippen LogP contribution in [0.4, 0.5) is 0 Å². The van der Waals surface area contributed by atoms with E-state index in [1.165, 1.54) is 15.9 Å². The summed E-state index contributed by atoms with van der Waals surface area (Å²) in [6.07, 6.45) is 1.70. The monoisotopic (exact) mass is 578 g/mol. The number of aromatic nitrogens is 1. The fraction of sp³-hybridized carbons (Fsp3) is 0.179. The Kier molecular flexibility index (Phi) is 6.99. The van der Waals surface area contributed by atoms with E-state index >= 15 is 0 Å². The molecule has 0 fully saturated rings. The zero-order chi connectivity index (χ0) is 26.1. The molecule has 0 saturated heterocycles. The van der Waals surface area contributed by atoms with Gasteiger partial charge in [-0.15, -0.1) is 0 Å². The van der Waals surface area contributed by atoms with Crippen molar-refractivity contribution in [3.8, 4) is 17.1 Å². The molecule has 2 aromatic carbocycles. The van der Waals surface area contributed by atoms with E-state index in [1.807, 2.05) is 54.6 Å². The lowest BCUT2D eigenvalue weighted by molar-refractivity contribution is -0.139. The van der Waals surface area contributed by atoms with Crippen molar-refractivity contribution >= 4 is 39.3 Å². The van der Waals surface area contributed by atoms with Gasteiger partial charge in [0.05, 0.1) is 29.5 Å². The van der Waals surface area contributed by atoms with Crippen LogP contribution in [0.1, 0.15) is 31.2 Å². The molecule has 188 valence electrons. The molecule has 9 heteroatoms. The average molecular weight is 579 g/mol. The summed E-state index contributed by atoms with van der Waals surface area (Å²) in [5, 5.41) is 0. The van der Waals surface area contributed by atoms with Crippen LogP contribution in [0.15, 0.2) is 90.6 Å². The molecule has 0 N–H and O–H groups in total. The first-order valence-corrected chi connectivity index (χ1v) is 13.2. The molecule has 1 aliphatic rings. The van der Waals surface area contributed by atoms with Gasteiger partial charge in [0.2, 0.25) is 0 Å². The summed E-state index contributed by atoms with van der Waals surface area (Å²) in [6, 6.07) is 18.1. The number of halogens is 1. The number of para-hydroxylation sites is 1. The lowest BCUT2D eigenvalue weighted by atomic mass is 9.95. The van der Waals surface area contributed by atoms with Crippen molar-refractivity contribution in [2.75, 3.05) is 13.7 Å². The zero-order valence-electron chi connectivity index (χ0n) is 20.4. The van der Waals surface area contributed by atoms with Crippen LogP contribution in [-0.4, -0.2) is 24.3 Å². The molecule has 0 spiro atoms. The SMILES string of the molecule is CCOC(=O)C1=C(C)N=c2s/c(=C\c3ccc(-c4ccc(Br)cc4)o3)c(=O)n2[C@@H]1c1ccccc1OC. The number of esters is 1. The van der Waals surface area contributed by atoms with Crippen LogP contribution < -0.4 is 19.6 Å². The predicted octanol–water partition coefficient (Wildman–Crippen LogP) is 4.83. The highest BCUT2D eigenvalue weighted by atomic mass is 79.9. The standard InChI is InChI=1S/C28H23BrN2O5S/c1-4-35-27(33)24-16(2)30-28-31(25(24)20-7-5-6-8-22(20)34-3)26(32)23(37-28)15-19-13-14-21(36-19)17-9-11-18(29)12-10-17/h5-15,25H,4H2,1-3H3/b23-15-/t25-/m1/s1. The van der Waals surface area contributed by atoms with Crippen LogP contribution in [-0.2, 0) is 9.53 Å². The molecule has 1 aliphatic heterocycles. The topological polar surface area (TPSA) is 83.0 Å². The third kappa shape index (κ3) is 4.72. The summed E-state index contributed by atoms with van der Waals surface area (Å²) >= 11 is 4.68. The molecule has 0 radical (unpaired) electrons. The summed E-state index contributed by atoms with van der Waals surface area (Å²) in [5.74, 6) is 1.28. The zero-order valence-corrected chi connectivity index (χ0v) is 22.8. The van der Waals surface area contributed by atoms with Crippen molar-refractivity contribution in [1.82, 2.24) is 4.57 Å². The van der Waals surface area contributed by atoms with E-state index in [-0.39, 0.29) is 12.2 Å². The van der Waals surface area contributed by atoms with Crippen molar-refractivity contribution in [3.63, 3.8) is 0 Å². The normalized spacial score (nSPS) is 15.4. The van der Waals surface area contributed by atoms with E-state index in [2.05, 4.69) is 20.9 Å². The number of methoxy groups -OCH3 is 1. The Balaban J connectivity index is 1.66. The number of benzene rings is 2. The maximum Gasteiger partial charge on any atom is 0.338 e. The molecule has 5 rings (SSSR count). The van der Waals surface area contributed by atoms with Gasteiger partial charge in [0, 0.05) is 21.7 Å². The second-order valence-electron chi connectivity index (χ2n) is 8.25.